The van der Waals surface area contributed by atoms with Crippen molar-refractivity contribution in [1.82, 2.24) is 15.1 Å². The molecule has 28 heavy (non-hydrogen) atoms. The smallest absolute Gasteiger partial charge is 0.317 e. The van der Waals surface area contributed by atoms with E-state index in [1.54, 1.807) is 23.5 Å². The standard InChI is InChI=1S/C21H27FN4OS/c22-17-6-1-2-7-18(17)25-11-13-26(14-12-25)21(27)23-16-19(20-8-5-15-28-20)24-9-3-4-10-24/h1-2,5-8,15,19H,3-4,9-14,16H2,(H,23,27). The largest absolute Gasteiger partial charge is 0.366 e. The van der Waals surface area contributed by atoms with E-state index in [0.717, 1.165) is 13.1 Å². The summed E-state index contributed by atoms with van der Waals surface area (Å²) in [5.41, 5.74) is 0.620. The third kappa shape index (κ3) is 4.31. The van der Waals surface area contributed by atoms with Crippen LogP contribution in [0, 0.1) is 5.82 Å². The van der Waals surface area contributed by atoms with Crippen LogP contribution in [0.15, 0.2) is 41.8 Å². The molecule has 1 atom stereocenters. The number of hydrogen-bond donors (Lipinski definition) is 1. The van der Waals surface area contributed by atoms with Gasteiger partial charge in [-0.25, -0.2) is 9.18 Å². The molecule has 150 valence electrons. The minimum atomic E-state index is -0.204. The van der Waals surface area contributed by atoms with Gasteiger partial charge in [-0.2, -0.15) is 0 Å². The number of halogens is 1. The van der Waals surface area contributed by atoms with Gasteiger partial charge >= 0.3 is 6.03 Å². The molecule has 2 aliphatic heterocycles. The van der Waals surface area contributed by atoms with Crippen LogP contribution in [0.2, 0.25) is 0 Å². The molecular weight excluding hydrogens is 375 g/mol. The fraction of sp³-hybridized carbons (Fsp3) is 0.476. The Morgan fingerprint density at radius 2 is 1.79 bits per heavy atom. The highest BCUT2D eigenvalue weighted by atomic mass is 32.1. The van der Waals surface area contributed by atoms with Crippen LogP contribution in [-0.2, 0) is 0 Å². The second-order valence-corrected chi connectivity index (χ2v) is 8.37. The van der Waals surface area contributed by atoms with Gasteiger partial charge in [-0.3, -0.25) is 4.90 Å². The molecule has 2 saturated heterocycles. The van der Waals surface area contributed by atoms with E-state index in [0.29, 0.717) is 38.4 Å². The topological polar surface area (TPSA) is 38.8 Å². The summed E-state index contributed by atoms with van der Waals surface area (Å²) in [5, 5.41) is 5.24. The highest BCUT2D eigenvalue weighted by Gasteiger charge is 2.27. The minimum absolute atomic E-state index is 0.0195. The predicted octanol–water partition coefficient (Wildman–Crippen LogP) is 3.56. The summed E-state index contributed by atoms with van der Waals surface area (Å²) >= 11 is 1.76. The van der Waals surface area contributed by atoms with Crippen molar-refractivity contribution in [3.8, 4) is 0 Å². The Hall–Kier alpha value is -2.12. The van der Waals surface area contributed by atoms with Crippen LogP contribution < -0.4 is 10.2 Å². The molecule has 1 unspecified atom stereocenters. The average molecular weight is 403 g/mol. The molecule has 2 aromatic rings. The summed E-state index contributed by atoms with van der Waals surface area (Å²) in [5.74, 6) is -0.204. The van der Waals surface area contributed by atoms with Crippen molar-refractivity contribution in [1.29, 1.82) is 0 Å². The summed E-state index contributed by atoms with van der Waals surface area (Å²) in [6.45, 7) is 5.33. The SMILES string of the molecule is O=C(NCC(c1cccs1)N1CCCC1)N1CCN(c2ccccc2F)CC1. The quantitative estimate of drug-likeness (QED) is 0.831. The highest BCUT2D eigenvalue weighted by Crippen LogP contribution is 2.28. The Kier molecular flexibility index (Phi) is 6.12. The number of anilines is 1. The summed E-state index contributed by atoms with van der Waals surface area (Å²) < 4.78 is 14.0. The summed E-state index contributed by atoms with van der Waals surface area (Å²) in [4.78, 5) is 20.3. The normalized spacial score (nSPS) is 19.0. The van der Waals surface area contributed by atoms with Crippen LogP contribution in [0.25, 0.3) is 0 Å². The Labute approximate surface area is 169 Å². The monoisotopic (exact) mass is 402 g/mol. The maximum atomic E-state index is 14.0. The first-order valence-corrected chi connectivity index (χ1v) is 10.9. The van der Waals surface area contributed by atoms with Crippen LogP contribution in [-0.4, -0.2) is 61.6 Å². The molecule has 0 spiro atoms. The molecule has 0 bridgehead atoms. The van der Waals surface area contributed by atoms with E-state index < -0.39 is 0 Å². The minimum Gasteiger partial charge on any atom is -0.366 e. The molecule has 5 nitrogen and oxygen atoms in total. The fourth-order valence-electron chi connectivity index (χ4n) is 4.10. The number of benzene rings is 1. The number of carbonyl (C=O) groups is 1. The first-order chi connectivity index (χ1) is 13.7. The molecule has 4 rings (SSSR count). The zero-order chi connectivity index (χ0) is 19.3. The molecule has 2 amide bonds. The Balaban J connectivity index is 1.31. The van der Waals surface area contributed by atoms with Crippen LogP contribution in [0.3, 0.4) is 0 Å². The number of thiophene rings is 1. The Morgan fingerprint density at radius 3 is 2.46 bits per heavy atom. The lowest BCUT2D eigenvalue weighted by Gasteiger charge is -2.36. The molecule has 2 aliphatic rings. The molecular formula is C21H27FN4OS. The Morgan fingerprint density at radius 1 is 1.04 bits per heavy atom. The third-order valence-corrected chi connectivity index (χ3v) is 6.63. The molecule has 1 N–H and O–H groups in total. The number of urea groups is 1. The van der Waals surface area contributed by atoms with Gasteiger partial charge in [0, 0.05) is 37.6 Å². The maximum absolute atomic E-state index is 14.0. The van der Waals surface area contributed by atoms with Crippen LogP contribution in [0.5, 0.6) is 0 Å². The van der Waals surface area contributed by atoms with Gasteiger partial charge in [-0.1, -0.05) is 18.2 Å². The van der Waals surface area contributed by atoms with Crippen LogP contribution >= 0.6 is 11.3 Å². The number of hydrogen-bond acceptors (Lipinski definition) is 4. The number of piperazine rings is 1. The molecule has 0 saturated carbocycles. The molecule has 0 radical (unpaired) electrons. The van der Waals surface area contributed by atoms with Crippen molar-refractivity contribution >= 4 is 23.1 Å². The van der Waals surface area contributed by atoms with Crippen molar-refractivity contribution in [2.24, 2.45) is 0 Å². The number of para-hydroxylation sites is 1. The maximum Gasteiger partial charge on any atom is 0.317 e. The van der Waals surface area contributed by atoms with Crippen molar-refractivity contribution in [3.63, 3.8) is 0 Å². The second kappa shape index (κ2) is 8.92. The van der Waals surface area contributed by atoms with E-state index >= 15 is 0 Å². The van der Waals surface area contributed by atoms with E-state index in [9.17, 15) is 9.18 Å². The van der Waals surface area contributed by atoms with Gasteiger partial charge in [0.1, 0.15) is 5.82 Å². The summed E-state index contributed by atoms with van der Waals surface area (Å²) in [6.07, 6.45) is 2.46. The van der Waals surface area contributed by atoms with Gasteiger partial charge in [0.2, 0.25) is 0 Å². The van der Waals surface area contributed by atoms with E-state index in [1.807, 2.05) is 15.9 Å². The van der Waals surface area contributed by atoms with E-state index in [4.69, 9.17) is 0 Å². The molecule has 3 heterocycles. The van der Waals surface area contributed by atoms with Crippen LogP contribution in [0.4, 0.5) is 14.9 Å². The number of carbonyl (C=O) groups excluding carboxylic acids is 1. The predicted molar refractivity (Wildman–Crippen MR) is 111 cm³/mol. The van der Waals surface area contributed by atoms with Crippen molar-refractivity contribution in [2.75, 3.05) is 50.7 Å². The second-order valence-electron chi connectivity index (χ2n) is 7.39. The Bertz CT molecular complexity index is 770. The van der Waals surface area contributed by atoms with Gasteiger partial charge in [0.15, 0.2) is 0 Å². The number of likely N-dealkylation sites (tertiary alicyclic amines) is 1. The number of nitrogens with zero attached hydrogens (tertiary/aromatic N) is 3. The molecule has 7 heteroatoms. The summed E-state index contributed by atoms with van der Waals surface area (Å²) in [6, 6.07) is 11.3. The van der Waals surface area contributed by atoms with Gasteiger partial charge in [0.25, 0.3) is 0 Å². The molecule has 1 aromatic carbocycles. The third-order valence-electron chi connectivity index (χ3n) is 5.66. The first-order valence-electron chi connectivity index (χ1n) is 10.0. The lowest BCUT2D eigenvalue weighted by molar-refractivity contribution is 0.185. The zero-order valence-corrected chi connectivity index (χ0v) is 16.8. The number of amides is 2. The van der Waals surface area contributed by atoms with Gasteiger partial charge in [0.05, 0.1) is 11.7 Å². The fourth-order valence-corrected chi connectivity index (χ4v) is 4.96. The van der Waals surface area contributed by atoms with Gasteiger partial charge < -0.3 is 15.1 Å². The van der Waals surface area contributed by atoms with Gasteiger partial charge in [-0.05, 0) is 49.5 Å². The molecule has 0 aliphatic carbocycles. The average Bonchev–Trinajstić information content (AvgIpc) is 3.43. The van der Waals surface area contributed by atoms with E-state index in [2.05, 4.69) is 27.7 Å². The first kappa shape index (κ1) is 19.2. The lowest BCUT2D eigenvalue weighted by atomic mass is 10.2. The van der Waals surface area contributed by atoms with Crippen molar-refractivity contribution in [2.45, 2.75) is 18.9 Å². The number of nitrogens with one attached hydrogen (secondary N) is 1. The van der Waals surface area contributed by atoms with E-state index in [1.165, 1.54) is 23.8 Å². The molecule has 2 fully saturated rings. The molecule has 1 aromatic heterocycles. The van der Waals surface area contributed by atoms with Crippen molar-refractivity contribution < 1.29 is 9.18 Å². The van der Waals surface area contributed by atoms with Gasteiger partial charge in [-0.15, -0.1) is 11.3 Å². The lowest BCUT2D eigenvalue weighted by Crippen LogP contribution is -2.53. The van der Waals surface area contributed by atoms with E-state index in [-0.39, 0.29) is 17.9 Å². The van der Waals surface area contributed by atoms with Crippen molar-refractivity contribution in [3.05, 3.63) is 52.5 Å². The zero-order valence-electron chi connectivity index (χ0n) is 16.0. The van der Waals surface area contributed by atoms with Crippen LogP contribution in [0.1, 0.15) is 23.8 Å². The summed E-state index contributed by atoms with van der Waals surface area (Å²) in [7, 11) is 0. The highest BCUT2D eigenvalue weighted by molar-refractivity contribution is 7.10. The number of rotatable bonds is 5.